The Morgan fingerprint density at radius 2 is 1.46 bits per heavy atom. The fourth-order valence-corrected chi connectivity index (χ4v) is 1.02. The highest BCUT2D eigenvalue weighted by Gasteiger charge is 2.27. The highest BCUT2D eigenvalue weighted by molar-refractivity contribution is 5.22. The van der Waals surface area contributed by atoms with Crippen molar-refractivity contribution in [3.63, 3.8) is 0 Å². The first-order valence-electron chi connectivity index (χ1n) is 3.86. The van der Waals surface area contributed by atoms with Gasteiger partial charge in [-0.2, -0.15) is 13.2 Å². The molecule has 0 aliphatic carbocycles. The average molecular weight is 189 g/mol. The molecule has 1 rings (SSSR count). The number of halogens is 3. The van der Waals surface area contributed by atoms with Gasteiger partial charge in [0.2, 0.25) is 0 Å². The molecule has 72 valence electrons. The summed E-state index contributed by atoms with van der Waals surface area (Å²) in [6.07, 6.45) is -5.01. The zero-order valence-electron chi connectivity index (χ0n) is 6.93. The van der Waals surface area contributed by atoms with Crippen molar-refractivity contribution < 1.29 is 13.2 Å². The van der Waals surface area contributed by atoms with Crippen molar-refractivity contribution >= 4 is 0 Å². The van der Waals surface area contributed by atoms with Crippen LogP contribution in [0.4, 0.5) is 13.2 Å². The van der Waals surface area contributed by atoms with Gasteiger partial charge >= 0.3 is 6.18 Å². The van der Waals surface area contributed by atoms with Gasteiger partial charge in [0.25, 0.3) is 0 Å². The summed E-state index contributed by atoms with van der Waals surface area (Å²) >= 11 is 0. The number of alkyl halides is 3. The van der Waals surface area contributed by atoms with Crippen molar-refractivity contribution in [1.82, 2.24) is 0 Å². The predicted molar refractivity (Wildman–Crippen MR) is 44.1 cm³/mol. The lowest BCUT2D eigenvalue weighted by atomic mass is 10.1. The van der Waals surface area contributed by atoms with Crippen molar-refractivity contribution in [3.8, 4) is 0 Å². The number of rotatable bonds is 2. The van der Waals surface area contributed by atoms with E-state index in [0.29, 0.717) is 6.54 Å². The molecule has 2 N–H and O–H groups in total. The van der Waals surface area contributed by atoms with E-state index in [1.165, 1.54) is 12.1 Å². The molecule has 0 spiro atoms. The molecule has 0 amide bonds. The van der Waals surface area contributed by atoms with Crippen LogP contribution in [0, 0.1) is 0 Å². The molecule has 0 saturated heterocycles. The van der Waals surface area contributed by atoms with Crippen molar-refractivity contribution in [3.05, 3.63) is 35.4 Å². The van der Waals surface area contributed by atoms with Crippen LogP contribution in [0.1, 0.15) is 11.1 Å². The molecule has 0 bridgehead atoms. The molecule has 1 aromatic rings. The fourth-order valence-electron chi connectivity index (χ4n) is 1.02. The van der Waals surface area contributed by atoms with Gasteiger partial charge in [-0.15, -0.1) is 0 Å². The predicted octanol–water partition coefficient (Wildman–Crippen LogP) is 2.25. The molecule has 0 aliphatic rings. The van der Waals surface area contributed by atoms with E-state index in [4.69, 9.17) is 5.73 Å². The Hall–Kier alpha value is -1.03. The monoisotopic (exact) mass is 189 g/mol. The lowest BCUT2D eigenvalue weighted by Gasteiger charge is -2.06. The molecule has 0 atom stereocenters. The van der Waals surface area contributed by atoms with Gasteiger partial charge < -0.3 is 5.73 Å². The minimum Gasteiger partial charge on any atom is -0.326 e. The lowest BCUT2D eigenvalue weighted by Crippen LogP contribution is -2.11. The number of benzene rings is 1. The molecule has 13 heavy (non-hydrogen) atoms. The van der Waals surface area contributed by atoms with Crippen molar-refractivity contribution in [2.45, 2.75) is 19.1 Å². The maximum Gasteiger partial charge on any atom is 0.393 e. The summed E-state index contributed by atoms with van der Waals surface area (Å²) < 4.78 is 35.7. The SMILES string of the molecule is NCc1ccc(CC(F)(F)F)cc1. The molecule has 0 aliphatic heterocycles. The van der Waals surface area contributed by atoms with E-state index >= 15 is 0 Å². The molecule has 0 fully saturated rings. The van der Waals surface area contributed by atoms with Crippen LogP contribution >= 0.6 is 0 Å². The van der Waals surface area contributed by atoms with Gasteiger partial charge in [-0.3, -0.25) is 0 Å². The first kappa shape index (κ1) is 10.1. The molecule has 0 heterocycles. The van der Waals surface area contributed by atoms with Gasteiger partial charge in [-0.05, 0) is 11.1 Å². The topological polar surface area (TPSA) is 26.0 Å². The van der Waals surface area contributed by atoms with Gasteiger partial charge in [0.15, 0.2) is 0 Å². The van der Waals surface area contributed by atoms with Crippen LogP contribution in [-0.4, -0.2) is 6.18 Å². The third-order valence-corrected chi connectivity index (χ3v) is 1.66. The average Bonchev–Trinajstić information content (AvgIpc) is 2.03. The number of hydrogen-bond donors (Lipinski definition) is 1. The van der Waals surface area contributed by atoms with E-state index < -0.39 is 12.6 Å². The summed E-state index contributed by atoms with van der Waals surface area (Å²) in [6.45, 7) is 0.353. The van der Waals surface area contributed by atoms with Crippen molar-refractivity contribution in [1.29, 1.82) is 0 Å². The van der Waals surface area contributed by atoms with Gasteiger partial charge in [-0.25, -0.2) is 0 Å². The Morgan fingerprint density at radius 3 is 1.85 bits per heavy atom. The maximum absolute atomic E-state index is 11.9. The van der Waals surface area contributed by atoms with Crippen molar-refractivity contribution in [2.75, 3.05) is 0 Å². The summed E-state index contributed by atoms with van der Waals surface area (Å²) in [5.41, 5.74) is 6.41. The summed E-state index contributed by atoms with van der Waals surface area (Å²) in [7, 11) is 0. The zero-order valence-corrected chi connectivity index (χ0v) is 6.93. The van der Waals surface area contributed by atoms with Crippen molar-refractivity contribution in [2.24, 2.45) is 5.73 Å². The smallest absolute Gasteiger partial charge is 0.326 e. The second-order valence-electron chi connectivity index (χ2n) is 2.81. The summed E-state index contributed by atoms with van der Waals surface area (Å²) in [5, 5.41) is 0. The second-order valence-corrected chi connectivity index (χ2v) is 2.81. The lowest BCUT2D eigenvalue weighted by molar-refractivity contribution is -0.127. The summed E-state index contributed by atoms with van der Waals surface area (Å²) in [4.78, 5) is 0. The largest absolute Gasteiger partial charge is 0.393 e. The Kier molecular flexibility index (Phi) is 2.93. The van der Waals surface area contributed by atoms with Crippen LogP contribution in [0.25, 0.3) is 0 Å². The Morgan fingerprint density at radius 1 is 1.00 bits per heavy atom. The number of hydrogen-bond acceptors (Lipinski definition) is 1. The van der Waals surface area contributed by atoms with Crippen LogP contribution in [0.2, 0.25) is 0 Å². The highest BCUT2D eigenvalue weighted by Crippen LogP contribution is 2.21. The fraction of sp³-hybridized carbons (Fsp3) is 0.333. The van der Waals surface area contributed by atoms with Gasteiger partial charge in [0, 0.05) is 6.54 Å². The maximum atomic E-state index is 11.9. The van der Waals surface area contributed by atoms with Gasteiger partial charge in [0.05, 0.1) is 6.42 Å². The van der Waals surface area contributed by atoms with E-state index in [1.54, 1.807) is 12.1 Å². The second kappa shape index (κ2) is 3.79. The summed E-state index contributed by atoms with van der Waals surface area (Å²) in [5.74, 6) is 0. The van der Waals surface area contributed by atoms with E-state index in [9.17, 15) is 13.2 Å². The van der Waals surface area contributed by atoms with Crippen LogP contribution in [0.3, 0.4) is 0 Å². The first-order chi connectivity index (χ1) is 6.01. The molecular formula is C9H10F3N. The quantitative estimate of drug-likeness (QED) is 0.758. The van der Waals surface area contributed by atoms with E-state index in [0.717, 1.165) is 5.56 Å². The third-order valence-electron chi connectivity index (χ3n) is 1.66. The van der Waals surface area contributed by atoms with E-state index in [2.05, 4.69) is 0 Å². The van der Waals surface area contributed by atoms with Gasteiger partial charge in [0.1, 0.15) is 0 Å². The summed E-state index contributed by atoms with van der Waals surface area (Å²) in [6, 6.07) is 6.13. The third kappa shape index (κ3) is 3.46. The van der Waals surface area contributed by atoms with Gasteiger partial charge in [-0.1, -0.05) is 24.3 Å². The molecular weight excluding hydrogens is 179 g/mol. The van der Waals surface area contributed by atoms with E-state index in [-0.39, 0.29) is 5.56 Å². The zero-order chi connectivity index (χ0) is 9.90. The Labute approximate surface area is 74.4 Å². The van der Waals surface area contributed by atoms with Crippen LogP contribution in [0.15, 0.2) is 24.3 Å². The molecule has 0 radical (unpaired) electrons. The van der Waals surface area contributed by atoms with E-state index in [1.807, 2.05) is 0 Å². The first-order valence-corrected chi connectivity index (χ1v) is 3.86. The normalized spacial score (nSPS) is 11.7. The minimum absolute atomic E-state index is 0.268. The minimum atomic E-state index is -4.13. The molecule has 0 unspecified atom stereocenters. The highest BCUT2D eigenvalue weighted by atomic mass is 19.4. The number of nitrogens with two attached hydrogens (primary N) is 1. The van der Waals surface area contributed by atoms with Crippen LogP contribution in [0.5, 0.6) is 0 Å². The van der Waals surface area contributed by atoms with Crippen LogP contribution < -0.4 is 5.73 Å². The Bertz CT molecular complexity index is 263. The molecule has 1 nitrogen and oxygen atoms in total. The molecule has 1 aromatic carbocycles. The molecule has 0 saturated carbocycles. The molecule has 0 aromatic heterocycles. The standard InChI is InChI=1S/C9H10F3N/c10-9(11,12)5-7-1-3-8(6-13)4-2-7/h1-4H,5-6,13H2. The molecule has 4 heteroatoms. The van der Waals surface area contributed by atoms with Crippen LogP contribution in [-0.2, 0) is 13.0 Å². The Balaban J connectivity index is 2.70.